The van der Waals surface area contributed by atoms with Gasteiger partial charge in [0.2, 0.25) is 0 Å². The summed E-state index contributed by atoms with van der Waals surface area (Å²) in [6, 6.07) is 38.8. The number of benzene rings is 4. The van der Waals surface area contributed by atoms with Gasteiger partial charge in [0.1, 0.15) is 0 Å². The highest BCUT2D eigenvalue weighted by molar-refractivity contribution is 6.05. The van der Waals surface area contributed by atoms with E-state index in [0.29, 0.717) is 5.92 Å². The second kappa shape index (κ2) is 10.2. The van der Waals surface area contributed by atoms with Crippen molar-refractivity contribution in [1.82, 2.24) is 4.90 Å². The van der Waals surface area contributed by atoms with Gasteiger partial charge in [0.25, 0.3) is 0 Å². The van der Waals surface area contributed by atoms with Crippen molar-refractivity contribution in [2.75, 3.05) is 12.4 Å². The molecule has 0 radical (unpaired) electrons. The summed E-state index contributed by atoms with van der Waals surface area (Å²) in [5.41, 5.74) is 9.79. The highest BCUT2D eigenvalue weighted by atomic mass is 16.3. The molecule has 3 nitrogen and oxygen atoms in total. The van der Waals surface area contributed by atoms with Gasteiger partial charge in [-0.05, 0) is 41.2 Å². The monoisotopic (exact) mass is 460 g/mol. The van der Waals surface area contributed by atoms with Crippen molar-refractivity contribution in [1.29, 1.82) is 0 Å². The first-order chi connectivity index (χ1) is 17.2. The molecule has 0 fully saturated rings. The highest BCUT2D eigenvalue weighted by Gasteiger charge is 2.41. The summed E-state index contributed by atoms with van der Waals surface area (Å²) in [7, 11) is 1.96. The summed E-state index contributed by atoms with van der Waals surface area (Å²) in [6.07, 6.45) is 0.976. The lowest BCUT2D eigenvalue weighted by atomic mass is 9.89. The van der Waals surface area contributed by atoms with Crippen LogP contribution in [0.25, 0.3) is 11.4 Å². The Morgan fingerprint density at radius 1 is 0.686 bits per heavy atom. The van der Waals surface area contributed by atoms with Crippen LogP contribution in [0.1, 0.15) is 53.1 Å². The average molecular weight is 461 g/mol. The van der Waals surface area contributed by atoms with Crippen LogP contribution in [0.3, 0.4) is 0 Å². The molecule has 4 aromatic rings. The van der Waals surface area contributed by atoms with E-state index >= 15 is 0 Å². The van der Waals surface area contributed by atoms with Crippen LogP contribution in [0.15, 0.2) is 109 Å². The molecule has 0 aliphatic carbocycles. The molecular formula is C32H32N2O. The quantitative estimate of drug-likeness (QED) is 0.275. The zero-order valence-corrected chi connectivity index (χ0v) is 20.4. The zero-order chi connectivity index (χ0) is 24.2. The number of hydrogen-bond donors (Lipinski definition) is 2. The van der Waals surface area contributed by atoms with Gasteiger partial charge in [0, 0.05) is 23.9 Å². The van der Waals surface area contributed by atoms with Crippen LogP contribution in [0.2, 0.25) is 0 Å². The number of anilines is 1. The first kappa shape index (κ1) is 22.9. The molecule has 1 aliphatic rings. The van der Waals surface area contributed by atoms with E-state index in [1.54, 1.807) is 0 Å². The fourth-order valence-corrected chi connectivity index (χ4v) is 4.92. The van der Waals surface area contributed by atoms with Crippen molar-refractivity contribution in [3.8, 4) is 0 Å². The second-order valence-electron chi connectivity index (χ2n) is 9.22. The zero-order valence-electron chi connectivity index (χ0n) is 20.4. The summed E-state index contributed by atoms with van der Waals surface area (Å²) in [4.78, 5) is 2.53. The minimum absolute atomic E-state index is 0.0771. The van der Waals surface area contributed by atoms with E-state index < -0.39 is 0 Å². The highest BCUT2D eigenvalue weighted by Crippen LogP contribution is 2.54. The van der Waals surface area contributed by atoms with Gasteiger partial charge in [-0.2, -0.15) is 0 Å². The first-order valence-corrected chi connectivity index (χ1v) is 12.3. The van der Waals surface area contributed by atoms with Crippen LogP contribution in [-0.4, -0.2) is 17.1 Å². The largest absolute Gasteiger partial charge is 0.392 e. The van der Waals surface area contributed by atoms with Crippen molar-refractivity contribution >= 4 is 17.1 Å². The standard InChI is InChI=1S/C32H32N2O/c1-23(25-15-13-24(22-35)14-16-25)21-30(26-17-19-29(33-2)20-18-26)34-31(27-9-5-3-6-10-27)32(34)28-11-7-4-8-12-28/h3-20,23,30,33,35H,21-22H2,1-2H3. The molecule has 0 spiro atoms. The molecule has 2 unspecified atom stereocenters. The maximum atomic E-state index is 9.44. The van der Waals surface area contributed by atoms with Crippen molar-refractivity contribution in [2.24, 2.45) is 0 Å². The van der Waals surface area contributed by atoms with Gasteiger partial charge >= 0.3 is 0 Å². The minimum Gasteiger partial charge on any atom is -0.392 e. The van der Waals surface area contributed by atoms with Crippen LogP contribution >= 0.6 is 0 Å². The summed E-state index contributed by atoms with van der Waals surface area (Å²) in [5, 5.41) is 12.7. The Morgan fingerprint density at radius 3 is 1.69 bits per heavy atom. The number of aliphatic hydroxyl groups excluding tert-OH is 1. The molecular weight excluding hydrogens is 428 g/mol. The van der Waals surface area contributed by atoms with E-state index in [2.05, 4.69) is 114 Å². The van der Waals surface area contributed by atoms with Crippen molar-refractivity contribution < 1.29 is 5.11 Å². The molecule has 2 atom stereocenters. The molecule has 5 rings (SSSR count). The summed E-state index contributed by atoms with van der Waals surface area (Å²) < 4.78 is 0. The van der Waals surface area contributed by atoms with E-state index in [-0.39, 0.29) is 12.6 Å². The maximum Gasteiger partial charge on any atom is 0.0738 e. The fraction of sp³-hybridized carbons (Fsp3) is 0.188. The Hall–Kier alpha value is -3.82. The number of nitrogens with one attached hydrogen (secondary N) is 1. The SMILES string of the molecule is CNc1ccc(C(CC(C)c2ccc(CO)cc2)N2C(c3ccccc3)=C2c2ccccc2)cc1. The van der Waals surface area contributed by atoms with Gasteiger partial charge < -0.3 is 15.3 Å². The molecule has 4 aromatic carbocycles. The number of aliphatic hydroxyl groups is 1. The van der Waals surface area contributed by atoms with Crippen LogP contribution in [0.5, 0.6) is 0 Å². The normalized spacial score (nSPS) is 14.5. The topological polar surface area (TPSA) is 35.3 Å². The average Bonchev–Trinajstić information content (AvgIpc) is 3.68. The summed E-state index contributed by atoms with van der Waals surface area (Å²) >= 11 is 0. The minimum atomic E-state index is 0.0771. The van der Waals surface area contributed by atoms with Gasteiger partial charge in [-0.25, -0.2) is 0 Å². The number of rotatable bonds is 9. The van der Waals surface area contributed by atoms with Gasteiger partial charge in [0.15, 0.2) is 0 Å². The first-order valence-electron chi connectivity index (χ1n) is 12.3. The Kier molecular flexibility index (Phi) is 6.69. The predicted molar refractivity (Wildman–Crippen MR) is 146 cm³/mol. The molecule has 3 heteroatoms. The van der Waals surface area contributed by atoms with Gasteiger partial charge in [0.05, 0.1) is 24.0 Å². The van der Waals surface area contributed by atoms with Crippen molar-refractivity contribution in [2.45, 2.75) is 31.9 Å². The predicted octanol–water partition coefficient (Wildman–Crippen LogP) is 7.30. The van der Waals surface area contributed by atoms with Crippen LogP contribution in [-0.2, 0) is 6.61 Å². The van der Waals surface area contributed by atoms with E-state index in [4.69, 9.17) is 0 Å². The Bertz CT molecular complexity index is 1230. The molecule has 176 valence electrons. The van der Waals surface area contributed by atoms with E-state index in [9.17, 15) is 5.11 Å². The smallest absolute Gasteiger partial charge is 0.0738 e. The van der Waals surface area contributed by atoms with E-state index in [1.165, 1.54) is 33.6 Å². The Balaban J connectivity index is 1.52. The lowest BCUT2D eigenvalue weighted by Crippen LogP contribution is -2.15. The van der Waals surface area contributed by atoms with Crippen LogP contribution in [0.4, 0.5) is 5.69 Å². The molecule has 35 heavy (non-hydrogen) atoms. The Labute approximate surface area is 208 Å². The van der Waals surface area contributed by atoms with Crippen LogP contribution < -0.4 is 5.32 Å². The van der Waals surface area contributed by atoms with Crippen molar-refractivity contribution in [3.63, 3.8) is 0 Å². The lowest BCUT2D eigenvalue weighted by Gasteiger charge is -2.27. The Morgan fingerprint density at radius 2 is 1.20 bits per heavy atom. The molecule has 1 aliphatic heterocycles. The van der Waals surface area contributed by atoms with E-state index in [0.717, 1.165) is 17.7 Å². The van der Waals surface area contributed by atoms with Crippen LogP contribution in [0, 0.1) is 0 Å². The third-order valence-corrected chi connectivity index (χ3v) is 6.95. The summed E-state index contributed by atoms with van der Waals surface area (Å²) in [6.45, 7) is 2.38. The molecule has 1 heterocycles. The molecule has 2 N–H and O–H groups in total. The third kappa shape index (κ3) is 4.87. The molecule has 0 aromatic heterocycles. The van der Waals surface area contributed by atoms with Crippen molar-refractivity contribution in [3.05, 3.63) is 137 Å². The fourth-order valence-electron chi connectivity index (χ4n) is 4.92. The second-order valence-corrected chi connectivity index (χ2v) is 9.22. The van der Waals surface area contributed by atoms with Gasteiger partial charge in [-0.3, -0.25) is 0 Å². The maximum absolute atomic E-state index is 9.44. The summed E-state index contributed by atoms with van der Waals surface area (Å²) in [5.74, 6) is 0.353. The number of nitrogens with zero attached hydrogens (tertiary/aromatic N) is 1. The van der Waals surface area contributed by atoms with E-state index in [1.807, 2.05) is 19.2 Å². The van der Waals surface area contributed by atoms with Gasteiger partial charge in [-0.15, -0.1) is 0 Å². The molecule has 0 saturated carbocycles. The third-order valence-electron chi connectivity index (χ3n) is 6.95. The molecule has 0 saturated heterocycles. The lowest BCUT2D eigenvalue weighted by molar-refractivity contribution is 0.282. The molecule has 0 amide bonds. The molecule has 0 bridgehead atoms. The number of hydrogen-bond acceptors (Lipinski definition) is 3. The van der Waals surface area contributed by atoms with Gasteiger partial charge in [-0.1, -0.05) is 104 Å².